The summed E-state index contributed by atoms with van der Waals surface area (Å²) >= 11 is 0. The fourth-order valence-electron chi connectivity index (χ4n) is 2.02. The van der Waals surface area contributed by atoms with Gasteiger partial charge in [-0.25, -0.2) is 0 Å². The first kappa shape index (κ1) is 9.83. The lowest BCUT2D eigenvalue weighted by Gasteiger charge is -2.14. The van der Waals surface area contributed by atoms with E-state index in [1.807, 2.05) is 25.4 Å². The molecule has 17 heavy (non-hydrogen) atoms. The van der Waals surface area contributed by atoms with Gasteiger partial charge >= 0.3 is 0 Å². The number of aromatic nitrogens is 2. The second-order valence-electron chi connectivity index (χ2n) is 3.91. The number of rotatable bonds is 1. The first-order chi connectivity index (χ1) is 8.16. The Morgan fingerprint density at radius 1 is 1.53 bits per heavy atom. The summed E-state index contributed by atoms with van der Waals surface area (Å²) in [6.07, 6.45) is 1.91. The van der Waals surface area contributed by atoms with E-state index in [-0.39, 0.29) is 5.71 Å². The Bertz CT molecular complexity index is 657. The zero-order chi connectivity index (χ0) is 12.0. The molecule has 0 radical (unpaired) electrons. The summed E-state index contributed by atoms with van der Waals surface area (Å²) in [5.74, 6) is -0.596. The molecule has 0 spiro atoms. The highest BCUT2D eigenvalue weighted by Crippen LogP contribution is 2.25. The van der Waals surface area contributed by atoms with Gasteiger partial charge in [0.05, 0.1) is 5.52 Å². The molecular weight excluding hydrogens is 220 g/mol. The summed E-state index contributed by atoms with van der Waals surface area (Å²) in [4.78, 5) is 16.3. The van der Waals surface area contributed by atoms with E-state index >= 15 is 0 Å². The Morgan fingerprint density at radius 3 is 3.12 bits per heavy atom. The molecule has 0 bridgehead atoms. The third-order valence-corrected chi connectivity index (χ3v) is 2.75. The van der Waals surface area contributed by atoms with E-state index in [9.17, 15) is 4.79 Å². The number of fused-ring (bicyclic) bond motifs is 3. The van der Waals surface area contributed by atoms with Gasteiger partial charge in [0, 0.05) is 29.8 Å². The van der Waals surface area contributed by atoms with E-state index in [4.69, 9.17) is 10.6 Å². The minimum Gasteiger partial charge on any atom is -0.390 e. The van der Waals surface area contributed by atoms with Crippen LogP contribution in [-0.2, 0) is 23.3 Å². The average Bonchev–Trinajstić information content (AvgIpc) is 2.68. The minimum absolute atomic E-state index is 0.152. The monoisotopic (exact) mass is 230 g/mol. The van der Waals surface area contributed by atoms with E-state index in [0.29, 0.717) is 12.2 Å². The lowest BCUT2D eigenvalue weighted by Crippen LogP contribution is -2.27. The summed E-state index contributed by atoms with van der Waals surface area (Å²) in [6, 6.07) is 3.72. The topological polar surface area (TPSA) is 82.5 Å². The van der Waals surface area contributed by atoms with Crippen LogP contribution in [0.2, 0.25) is 0 Å². The summed E-state index contributed by atoms with van der Waals surface area (Å²) in [6.45, 7) is 0.306. The van der Waals surface area contributed by atoms with Crippen LogP contribution < -0.4 is 5.73 Å². The number of carbonyl (C=O) groups is 1. The number of oxime groups is 1. The van der Waals surface area contributed by atoms with Gasteiger partial charge in [0.25, 0.3) is 5.91 Å². The van der Waals surface area contributed by atoms with Gasteiger partial charge in [-0.05, 0) is 0 Å². The highest BCUT2D eigenvalue weighted by Gasteiger charge is 2.22. The van der Waals surface area contributed by atoms with Crippen molar-refractivity contribution in [1.29, 1.82) is 0 Å². The van der Waals surface area contributed by atoms with Gasteiger partial charge in [-0.15, -0.1) is 0 Å². The molecule has 1 amide bonds. The number of primary amides is 1. The minimum atomic E-state index is -0.596. The summed E-state index contributed by atoms with van der Waals surface area (Å²) in [5, 5.41) is 9.04. The molecule has 6 nitrogen and oxygen atoms in total. The molecule has 0 fully saturated rings. The third kappa shape index (κ3) is 1.37. The van der Waals surface area contributed by atoms with Crippen molar-refractivity contribution in [1.82, 2.24) is 9.78 Å². The first-order valence-corrected chi connectivity index (χ1v) is 5.12. The number of hydrogen-bond donors (Lipinski definition) is 1. The summed E-state index contributed by atoms with van der Waals surface area (Å²) in [5.41, 5.74) is 7.78. The number of hydrogen-bond acceptors (Lipinski definition) is 4. The van der Waals surface area contributed by atoms with Crippen LogP contribution in [-0.4, -0.2) is 21.4 Å². The number of aryl methyl sites for hydroxylation is 1. The largest absolute Gasteiger partial charge is 0.390 e. The molecule has 6 heteroatoms. The molecule has 1 aromatic carbocycles. The molecule has 1 aromatic heterocycles. The highest BCUT2D eigenvalue weighted by molar-refractivity contribution is 6.45. The molecule has 1 aliphatic heterocycles. The maximum Gasteiger partial charge on any atom is 0.271 e. The highest BCUT2D eigenvalue weighted by atomic mass is 16.6. The molecule has 1 aliphatic rings. The maximum absolute atomic E-state index is 11.2. The molecule has 2 N–H and O–H groups in total. The van der Waals surface area contributed by atoms with Crippen molar-refractivity contribution in [3.05, 3.63) is 29.5 Å². The van der Waals surface area contributed by atoms with Gasteiger partial charge in [0.15, 0.2) is 5.71 Å². The van der Waals surface area contributed by atoms with Crippen molar-refractivity contribution in [3.8, 4) is 0 Å². The van der Waals surface area contributed by atoms with Crippen molar-refractivity contribution >= 4 is 22.5 Å². The van der Waals surface area contributed by atoms with E-state index in [1.165, 1.54) is 0 Å². The summed E-state index contributed by atoms with van der Waals surface area (Å²) < 4.78 is 1.72. The average molecular weight is 230 g/mol. The van der Waals surface area contributed by atoms with Gasteiger partial charge in [-0.2, -0.15) is 5.10 Å². The number of carbonyl (C=O) groups excluding carboxylic acids is 1. The molecule has 3 rings (SSSR count). The van der Waals surface area contributed by atoms with Gasteiger partial charge in [0.2, 0.25) is 0 Å². The fraction of sp³-hybridized carbons (Fsp3) is 0.182. The van der Waals surface area contributed by atoms with E-state index in [0.717, 1.165) is 16.5 Å². The van der Waals surface area contributed by atoms with Crippen LogP contribution in [0.4, 0.5) is 0 Å². The Kier molecular flexibility index (Phi) is 1.91. The van der Waals surface area contributed by atoms with Crippen LogP contribution >= 0.6 is 0 Å². The van der Waals surface area contributed by atoms with Crippen LogP contribution in [0.15, 0.2) is 23.5 Å². The van der Waals surface area contributed by atoms with Gasteiger partial charge in [-0.3, -0.25) is 9.48 Å². The molecule has 0 atom stereocenters. The number of amides is 1. The van der Waals surface area contributed by atoms with Crippen LogP contribution in [0.1, 0.15) is 11.1 Å². The van der Waals surface area contributed by atoms with Gasteiger partial charge in [-0.1, -0.05) is 17.3 Å². The first-order valence-electron chi connectivity index (χ1n) is 5.12. The van der Waals surface area contributed by atoms with Gasteiger partial charge < -0.3 is 10.6 Å². The predicted octanol–water partition coefficient (Wildman–Crippen LogP) is 0.293. The molecule has 2 heterocycles. The summed E-state index contributed by atoms with van der Waals surface area (Å²) in [7, 11) is 1.85. The SMILES string of the molecule is Cn1cc2ccc3c(c2n1)CON=C3C(N)=O. The predicted molar refractivity (Wildman–Crippen MR) is 61.2 cm³/mol. The molecule has 0 saturated heterocycles. The lowest BCUT2D eigenvalue weighted by atomic mass is 10.00. The van der Waals surface area contributed by atoms with Crippen molar-refractivity contribution < 1.29 is 9.63 Å². The second-order valence-corrected chi connectivity index (χ2v) is 3.91. The fourth-order valence-corrected chi connectivity index (χ4v) is 2.02. The molecule has 2 aromatic rings. The number of nitrogens with zero attached hydrogens (tertiary/aromatic N) is 3. The van der Waals surface area contributed by atoms with Crippen molar-refractivity contribution in [2.75, 3.05) is 0 Å². The zero-order valence-electron chi connectivity index (χ0n) is 9.17. The standard InChI is InChI=1S/C11H10N4O2/c1-15-4-6-2-3-7-8(9(6)13-15)5-17-14-10(7)11(12)16/h2-4H,5H2,1H3,(H2,12,16). The lowest BCUT2D eigenvalue weighted by molar-refractivity contribution is -0.112. The molecule has 0 aliphatic carbocycles. The van der Waals surface area contributed by atoms with Crippen LogP contribution in [0, 0.1) is 0 Å². The van der Waals surface area contributed by atoms with E-state index in [1.54, 1.807) is 4.68 Å². The molecule has 0 unspecified atom stereocenters. The second kappa shape index (κ2) is 3.31. The maximum atomic E-state index is 11.2. The van der Waals surface area contributed by atoms with Crippen LogP contribution in [0.25, 0.3) is 10.9 Å². The molecule has 0 saturated carbocycles. The number of nitrogens with two attached hydrogens (primary N) is 1. The van der Waals surface area contributed by atoms with Crippen molar-refractivity contribution in [3.63, 3.8) is 0 Å². The van der Waals surface area contributed by atoms with Crippen LogP contribution in [0.5, 0.6) is 0 Å². The van der Waals surface area contributed by atoms with Crippen LogP contribution in [0.3, 0.4) is 0 Å². The van der Waals surface area contributed by atoms with Crippen molar-refractivity contribution in [2.24, 2.45) is 17.9 Å². The Balaban J connectivity index is 2.31. The molecule has 86 valence electrons. The smallest absolute Gasteiger partial charge is 0.271 e. The Morgan fingerprint density at radius 2 is 2.35 bits per heavy atom. The third-order valence-electron chi connectivity index (χ3n) is 2.75. The number of benzene rings is 1. The normalized spacial score (nSPS) is 14.1. The van der Waals surface area contributed by atoms with Crippen molar-refractivity contribution in [2.45, 2.75) is 6.61 Å². The van der Waals surface area contributed by atoms with Gasteiger partial charge in [0.1, 0.15) is 6.61 Å². The Hall–Kier alpha value is -2.37. The quantitative estimate of drug-likeness (QED) is 0.764. The zero-order valence-corrected chi connectivity index (χ0v) is 9.17. The van der Waals surface area contributed by atoms with E-state index in [2.05, 4.69) is 10.3 Å². The molecular formula is C11H10N4O2. The Labute approximate surface area is 96.6 Å². The van der Waals surface area contributed by atoms with E-state index < -0.39 is 5.91 Å².